The van der Waals surface area contributed by atoms with E-state index in [1.54, 1.807) is 6.20 Å². The van der Waals surface area contributed by atoms with Crippen LogP contribution in [0.5, 0.6) is 5.75 Å². The van der Waals surface area contributed by atoms with E-state index in [0.29, 0.717) is 0 Å². The molecule has 112 valence electrons. The molecule has 0 aliphatic rings. The summed E-state index contributed by atoms with van der Waals surface area (Å²) in [7, 11) is 0. The van der Waals surface area contributed by atoms with Crippen LogP contribution in [0.15, 0.2) is 30.9 Å². The van der Waals surface area contributed by atoms with Crippen molar-refractivity contribution in [2.45, 2.75) is 39.8 Å². The normalized spacial score (nSPS) is 12.4. The molecule has 0 aliphatic carbocycles. The van der Waals surface area contributed by atoms with Gasteiger partial charge in [0.2, 0.25) is 0 Å². The van der Waals surface area contributed by atoms with E-state index in [9.17, 15) is 0 Å². The van der Waals surface area contributed by atoms with Gasteiger partial charge < -0.3 is 10.1 Å². The van der Waals surface area contributed by atoms with Crippen LogP contribution in [0.3, 0.4) is 0 Å². The molecule has 2 heterocycles. The zero-order chi connectivity index (χ0) is 15.2. The lowest BCUT2D eigenvalue weighted by molar-refractivity contribution is 0.241. The Hall–Kier alpha value is -2.01. The predicted octanol–water partition coefficient (Wildman–Crippen LogP) is 2.67. The summed E-state index contributed by atoms with van der Waals surface area (Å²) in [5, 5.41) is 3.39. The van der Waals surface area contributed by atoms with Crippen LogP contribution in [0.25, 0.3) is 0 Å². The molecule has 0 saturated carbocycles. The smallest absolute Gasteiger partial charge is 0.149 e. The minimum atomic E-state index is -0.0844. The van der Waals surface area contributed by atoms with Crippen molar-refractivity contribution in [3.05, 3.63) is 47.8 Å². The Kier molecular flexibility index (Phi) is 5.22. The Morgan fingerprint density at radius 2 is 1.86 bits per heavy atom. The van der Waals surface area contributed by atoms with Gasteiger partial charge in [0.05, 0.1) is 18.3 Å². The van der Waals surface area contributed by atoms with E-state index in [1.165, 1.54) is 0 Å². The molecule has 0 aliphatic heterocycles. The molecule has 1 N–H and O–H groups in total. The van der Waals surface area contributed by atoms with Crippen molar-refractivity contribution in [2.24, 2.45) is 0 Å². The van der Waals surface area contributed by atoms with E-state index in [0.717, 1.165) is 29.2 Å². The summed E-state index contributed by atoms with van der Waals surface area (Å²) in [4.78, 5) is 13.1. The van der Waals surface area contributed by atoms with Crippen molar-refractivity contribution in [2.75, 3.05) is 6.54 Å². The molecular weight excluding hydrogens is 264 g/mol. The number of aromatic nitrogens is 3. The average molecular weight is 286 g/mol. The number of ether oxygens (including phenoxy) is 1. The van der Waals surface area contributed by atoms with E-state index >= 15 is 0 Å². The summed E-state index contributed by atoms with van der Waals surface area (Å²) in [6.07, 6.45) is 7.32. The molecule has 5 nitrogen and oxygen atoms in total. The molecule has 2 rings (SSSR count). The first-order valence-electron chi connectivity index (χ1n) is 7.23. The Bertz CT molecular complexity index is 569. The van der Waals surface area contributed by atoms with Crippen molar-refractivity contribution < 1.29 is 4.74 Å². The predicted molar refractivity (Wildman–Crippen MR) is 82.3 cm³/mol. The largest absolute Gasteiger partial charge is 0.489 e. The fourth-order valence-corrected chi connectivity index (χ4v) is 2.04. The standard InChI is InChI=1S/C16H22N4O/c1-5-18-15(16-19-7-12(4)8-20-16)13-6-14(10-17-9-13)21-11(2)3/h6-11,15,18H,5H2,1-4H3. The molecule has 21 heavy (non-hydrogen) atoms. The maximum absolute atomic E-state index is 5.71. The molecule has 1 unspecified atom stereocenters. The lowest BCUT2D eigenvalue weighted by Crippen LogP contribution is -2.24. The fraction of sp³-hybridized carbons (Fsp3) is 0.438. The van der Waals surface area contributed by atoms with Crippen LogP contribution in [0, 0.1) is 6.92 Å². The summed E-state index contributed by atoms with van der Waals surface area (Å²) in [5.41, 5.74) is 2.04. The number of nitrogens with zero attached hydrogens (tertiary/aromatic N) is 3. The first-order valence-corrected chi connectivity index (χ1v) is 7.23. The van der Waals surface area contributed by atoms with Crippen LogP contribution in [-0.4, -0.2) is 27.6 Å². The lowest BCUT2D eigenvalue weighted by Gasteiger charge is -2.18. The van der Waals surface area contributed by atoms with Crippen molar-refractivity contribution in [3.8, 4) is 5.75 Å². The van der Waals surface area contributed by atoms with E-state index in [4.69, 9.17) is 4.74 Å². The van der Waals surface area contributed by atoms with E-state index in [-0.39, 0.29) is 12.1 Å². The molecule has 2 aromatic heterocycles. The van der Waals surface area contributed by atoms with Gasteiger partial charge >= 0.3 is 0 Å². The SMILES string of the molecule is CCNC(c1cncc(OC(C)C)c1)c1ncc(C)cn1. The topological polar surface area (TPSA) is 59.9 Å². The molecule has 5 heteroatoms. The number of hydrogen-bond donors (Lipinski definition) is 1. The molecule has 0 amide bonds. The highest BCUT2D eigenvalue weighted by Crippen LogP contribution is 2.22. The van der Waals surface area contributed by atoms with Gasteiger partial charge in [-0.1, -0.05) is 6.92 Å². The Morgan fingerprint density at radius 1 is 1.14 bits per heavy atom. The Labute approximate surface area is 125 Å². The Balaban J connectivity index is 2.31. The molecule has 0 spiro atoms. The van der Waals surface area contributed by atoms with Gasteiger partial charge in [-0.25, -0.2) is 9.97 Å². The highest BCUT2D eigenvalue weighted by atomic mass is 16.5. The summed E-state index contributed by atoms with van der Waals surface area (Å²) in [6.45, 7) is 8.85. The minimum Gasteiger partial charge on any atom is -0.489 e. The van der Waals surface area contributed by atoms with Crippen LogP contribution >= 0.6 is 0 Å². The van der Waals surface area contributed by atoms with Gasteiger partial charge in [0.15, 0.2) is 0 Å². The van der Waals surface area contributed by atoms with Crippen LogP contribution in [0.4, 0.5) is 0 Å². The van der Waals surface area contributed by atoms with Gasteiger partial charge in [0.25, 0.3) is 0 Å². The number of rotatable bonds is 6. The van der Waals surface area contributed by atoms with Gasteiger partial charge in [-0.15, -0.1) is 0 Å². The van der Waals surface area contributed by atoms with Gasteiger partial charge in [-0.3, -0.25) is 4.98 Å². The van der Waals surface area contributed by atoms with Crippen molar-refractivity contribution in [1.29, 1.82) is 0 Å². The summed E-state index contributed by atoms with van der Waals surface area (Å²) in [6, 6.07) is 1.91. The second kappa shape index (κ2) is 7.13. The second-order valence-corrected chi connectivity index (χ2v) is 5.23. The third kappa shape index (κ3) is 4.23. The van der Waals surface area contributed by atoms with Crippen LogP contribution in [0.2, 0.25) is 0 Å². The van der Waals surface area contributed by atoms with Gasteiger partial charge in [0, 0.05) is 18.6 Å². The van der Waals surface area contributed by atoms with Gasteiger partial charge in [-0.05, 0) is 44.5 Å². The highest BCUT2D eigenvalue weighted by molar-refractivity contribution is 5.29. The van der Waals surface area contributed by atoms with E-state index < -0.39 is 0 Å². The zero-order valence-corrected chi connectivity index (χ0v) is 13.0. The molecule has 0 fully saturated rings. The molecule has 1 atom stereocenters. The Morgan fingerprint density at radius 3 is 2.48 bits per heavy atom. The summed E-state index contributed by atoms with van der Waals surface area (Å²) >= 11 is 0. The number of pyridine rings is 1. The minimum absolute atomic E-state index is 0.0844. The average Bonchev–Trinajstić information content (AvgIpc) is 2.45. The summed E-state index contributed by atoms with van der Waals surface area (Å²) < 4.78 is 5.71. The number of aryl methyl sites for hydroxylation is 1. The molecule has 0 radical (unpaired) electrons. The first kappa shape index (κ1) is 15.4. The molecular formula is C16H22N4O. The van der Waals surface area contributed by atoms with Crippen LogP contribution in [0.1, 0.15) is 43.8 Å². The zero-order valence-electron chi connectivity index (χ0n) is 13.0. The third-order valence-electron chi connectivity index (χ3n) is 2.91. The van der Waals surface area contributed by atoms with Crippen LogP contribution in [-0.2, 0) is 0 Å². The van der Waals surface area contributed by atoms with Crippen molar-refractivity contribution in [3.63, 3.8) is 0 Å². The maximum atomic E-state index is 5.71. The fourth-order valence-electron chi connectivity index (χ4n) is 2.04. The van der Waals surface area contributed by atoms with Crippen molar-refractivity contribution in [1.82, 2.24) is 20.3 Å². The number of hydrogen-bond acceptors (Lipinski definition) is 5. The van der Waals surface area contributed by atoms with E-state index in [2.05, 4.69) is 27.2 Å². The molecule has 0 saturated heterocycles. The van der Waals surface area contributed by atoms with Crippen molar-refractivity contribution >= 4 is 0 Å². The molecule has 0 aromatic carbocycles. The molecule has 0 bridgehead atoms. The van der Waals surface area contributed by atoms with Gasteiger partial charge in [-0.2, -0.15) is 0 Å². The third-order valence-corrected chi connectivity index (χ3v) is 2.91. The second-order valence-electron chi connectivity index (χ2n) is 5.23. The summed E-state index contributed by atoms with van der Waals surface area (Å²) in [5.74, 6) is 1.50. The lowest BCUT2D eigenvalue weighted by atomic mass is 10.1. The van der Waals surface area contributed by atoms with Crippen LogP contribution < -0.4 is 10.1 Å². The van der Waals surface area contributed by atoms with Gasteiger partial charge in [0.1, 0.15) is 11.6 Å². The first-order chi connectivity index (χ1) is 10.1. The quantitative estimate of drug-likeness (QED) is 0.884. The molecule has 2 aromatic rings. The van der Waals surface area contributed by atoms with E-state index in [1.807, 2.05) is 45.4 Å². The highest BCUT2D eigenvalue weighted by Gasteiger charge is 2.17. The number of nitrogens with one attached hydrogen (secondary N) is 1. The monoisotopic (exact) mass is 286 g/mol. The maximum Gasteiger partial charge on any atom is 0.149 e.